The number of hydroxylamine groups is 1. The molecule has 0 aliphatic carbocycles. The van der Waals surface area contributed by atoms with E-state index in [0.29, 0.717) is 6.42 Å². The highest BCUT2D eigenvalue weighted by atomic mass is 16.7. The lowest BCUT2D eigenvalue weighted by Gasteiger charge is -2.26. The Balaban J connectivity index is 4.60. The summed E-state index contributed by atoms with van der Waals surface area (Å²) in [5.74, 6) is -1.21. The van der Waals surface area contributed by atoms with Gasteiger partial charge in [0, 0.05) is 6.92 Å². The number of amides is 1. The van der Waals surface area contributed by atoms with Crippen molar-refractivity contribution in [2.75, 3.05) is 0 Å². The van der Waals surface area contributed by atoms with Crippen molar-refractivity contribution >= 4 is 11.9 Å². The number of carbonyl (C=O) groups excluding carboxylic acids is 2. The lowest BCUT2D eigenvalue weighted by Crippen LogP contribution is -2.42. The zero-order valence-corrected chi connectivity index (χ0v) is 16.3. The number of hydrogen-bond donors (Lipinski definition) is 1. The molecule has 0 heterocycles. The maximum absolute atomic E-state index is 12.5. The maximum Gasteiger partial charge on any atom is 0.303 e. The van der Waals surface area contributed by atoms with E-state index in [1.165, 1.54) is 13.0 Å². The normalized spacial score (nSPS) is 13.6. The van der Waals surface area contributed by atoms with Gasteiger partial charge in [-0.1, -0.05) is 44.4 Å². The minimum Gasteiger partial charge on any atom is -0.457 e. The van der Waals surface area contributed by atoms with Crippen LogP contribution in [0.3, 0.4) is 0 Å². The number of unbranched alkanes of at least 4 members (excludes halogenated alkanes) is 5. The third-order valence-electron chi connectivity index (χ3n) is 3.65. The third-order valence-corrected chi connectivity index (χ3v) is 3.65. The van der Waals surface area contributed by atoms with Crippen molar-refractivity contribution in [3.63, 3.8) is 0 Å². The van der Waals surface area contributed by atoms with E-state index in [1.54, 1.807) is 0 Å². The molecular formula is C20H35NO4. The highest BCUT2D eigenvalue weighted by Crippen LogP contribution is 2.20. The van der Waals surface area contributed by atoms with Crippen LogP contribution < -0.4 is 5.48 Å². The van der Waals surface area contributed by atoms with Crippen LogP contribution in [0, 0.1) is 5.92 Å². The van der Waals surface area contributed by atoms with E-state index in [4.69, 9.17) is 9.57 Å². The fourth-order valence-corrected chi connectivity index (χ4v) is 2.39. The van der Waals surface area contributed by atoms with E-state index in [-0.39, 0.29) is 5.91 Å². The Hall–Kier alpha value is -1.62. The molecule has 1 amide bonds. The molecule has 0 radical (unpaired) electrons. The molecule has 0 saturated heterocycles. The second kappa shape index (κ2) is 12.7. The van der Waals surface area contributed by atoms with E-state index < -0.39 is 23.6 Å². The molecule has 0 fully saturated rings. The second-order valence-electron chi connectivity index (χ2n) is 7.23. The Kier molecular flexibility index (Phi) is 11.9. The second-order valence-corrected chi connectivity index (χ2v) is 7.23. The number of hydrogen-bond acceptors (Lipinski definition) is 4. The van der Waals surface area contributed by atoms with Gasteiger partial charge in [-0.2, -0.15) is 0 Å². The maximum atomic E-state index is 12.5. The highest BCUT2D eigenvalue weighted by molar-refractivity contribution is 5.79. The van der Waals surface area contributed by atoms with Crippen molar-refractivity contribution in [1.29, 1.82) is 0 Å². The summed E-state index contributed by atoms with van der Waals surface area (Å²) >= 11 is 0. The van der Waals surface area contributed by atoms with Crippen molar-refractivity contribution in [2.24, 2.45) is 5.92 Å². The summed E-state index contributed by atoms with van der Waals surface area (Å²) in [5, 5.41) is 0. The molecule has 1 N–H and O–H groups in total. The largest absolute Gasteiger partial charge is 0.457 e. The van der Waals surface area contributed by atoms with E-state index in [1.807, 2.05) is 26.8 Å². The molecule has 2 atom stereocenters. The van der Waals surface area contributed by atoms with Gasteiger partial charge >= 0.3 is 5.97 Å². The van der Waals surface area contributed by atoms with Crippen LogP contribution in [-0.2, 0) is 19.2 Å². The highest BCUT2D eigenvalue weighted by Gasteiger charge is 2.29. The summed E-state index contributed by atoms with van der Waals surface area (Å²) < 4.78 is 5.24. The predicted octanol–water partition coefficient (Wildman–Crippen LogP) is 4.48. The summed E-state index contributed by atoms with van der Waals surface area (Å²) in [6.07, 6.45) is 9.79. The van der Waals surface area contributed by atoms with Gasteiger partial charge < -0.3 is 4.74 Å². The van der Waals surface area contributed by atoms with Crippen molar-refractivity contribution in [3.05, 3.63) is 25.3 Å². The van der Waals surface area contributed by atoms with Crippen LogP contribution in [0.2, 0.25) is 0 Å². The molecule has 0 unspecified atom stereocenters. The predicted molar refractivity (Wildman–Crippen MR) is 101 cm³/mol. The lowest BCUT2D eigenvalue weighted by atomic mass is 9.94. The molecule has 0 aliphatic rings. The summed E-state index contributed by atoms with van der Waals surface area (Å²) in [6.45, 7) is 14.3. The fraction of sp³-hybridized carbons (Fsp3) is 0.700. The first-order chi connectivity index (χ1) is 11.7. The number of ether oxygens (including phenoxy) is 1. The molecule has 0 spiro atoms. The first kappa shape index (κ1) is 23.4. The first-order valence-corrected chi connectivity index (χ1v) is 9.09. The van der Waals surface area contributed by atoms with Gasteiger partial charge in [-0.05, 0) is 40.0 Å². The van der Waals surface area contributed by atoms with E-state index in [9.17, 15) is 9.59 Å². The van der Waals surface area contributed by atoms with Gasteiger partial charge in [0.25, 0.3) is 5.91 Å². The Morgan fingerprint density at radius 2 is 1.68 bits per heavy atom. The first-order valence-electron chi connectivity index (χ1n) is 9.09. The summed E-state index contributed by atoms with van der Waals surface area (Å²) in [5.41, 5.74) is 2.00. The number of allylic oxidation sites excluding steroid dienone is 1. The average Bonchev–Trinajstić information content (AvgIpc) is 2.52. The van der Waals surface area contributed by atoms with E-state index in [0.717, 1.165) is 38.5 Å². The van der Waals surface area contributed by atoms with Gasteiger partial charge in [-0.25, -0.2) is 5.48 Å². The quantitative estimate of drug-likeness (QED) is 0.229. The van der Waals surface area contributed by atoms with Gasteiger partial charge in [0.05, 0.1) is 11.5 Å². The van der Waals surface area contributed by atoms with Gasteiger partial charge in [-0.3, -0.25) is 14.4 Å². The average molecular weight is 354 g/mol. The Morgan fingerprint density at radius 3 is 2.20 bits per heavy atom. The summed E-state index contributed by atoms with van der Waals surface area (Å²) in [4.78, 5) is 29.1. The number of rotatable bonds is 13. The van der Waals surface area contributed by atoms with E-state index >= 15 is 0 Å². The lowest BCUT2D eigenvalue weighted by molar-refractivity contribution is -0.158. The van der Waals surface area contributed by atoms with Crippen LogP contribution in [0.1, 0.15) is 72.6 Å². The van der Waals surface area contributed by atoms with Crippen molar-refractivity contribution < 1.29 is 19.2 Å². The molecule has 0 bridgehead atoms. The van der Waals surface area contributed by atoms with Gasteiger partial charge in [0.15, 0.2) is 0 Å². The molecule has 144 valence electrons. The monoisotopic (exact) mass is 353 g/mol. The minimum absolute atomic E-state index is 0.285. The smallest absolute Gasteiger partial charge is 0.303 e. The van der Waals surface area contributed by atoms with Crippen LogP contribution in [0.25, 0.3) is 0 Å². The Morgan fingerprint density at radius 1 is 1.08 bits per heavy atom. The number of carbonyl (C=O) groups is 2. The van der Waals surface area contributed by atoms with Crippen molar-refractivity contribution in [1.82, 2.24) is 5.48 Å². The molecule has 0 aromatic rings. The number of esters is 1. The molecule has 5 nitrogen and oxygen atoms in total. The Bertz CT molecular complexity index is 426. The summed E-state index contributed by atoms with van der Waals surface area (Å²) in [6, 6.07) is 0. The molecule has 25 heavy (non-hydrogen) atoms. The van der Waals surface area contributed by atoms with E-state index in [2.05, 4.69) is 18.6 Å². The van der Waals surface area contributed by atoms with Crippen molar-refractivity contribution in [2.45, 2.75) is 84.3 Å². The van der Waals surface area contributed by atoms with Crippen LogP contribution in [0.15, 0.2) is 25.3 Å². The van der Waals surface area contributed by atoms with Gasteiger partial charge in [0.1, 0.15) is 6.10 Å². The SMILES string of the molecule is C=CCCCCCCC[C@@H](C(=O)NOC(C)(C)C)[C@@H](C=C)OC(C)=O. The minimum atomic E-state index is -0.651. The van der Waals surface area contributed by atoms with Gasteiger partial charge in [0.2, 0.25) is 0 Å². The molecule has 0 aromatic heterocycles. The molecule has 0 aromatic carbocycles. The molecule has 0 rings (SSSR count). The summed E-state index contributed by atoms with van der Waals surface area (Å²) in [7, 11) is 0. The van der Waals surface area contributed by atoms with Crippen LogP contribution in [0.4, 0.5) is 0 Å². The van der Waals surface area contributed by atoms with Crippen LogP contribution in [0.5, 0.6) is 0 Å². The zero-order chi connectivity index (χ0) is 19.3. The standard InChI is InChI=1S/C20H35NO4/c1-7-9-10-11-12-13-14-15-17(18(8-2)24-16(3)22)19(23)21-25-20(4,5)6/h7-8,17-18H,1-2,9-15H2,3-6H3,(H,21,23)/t17-,18-/m1/s1. The van der Waals surface area contributed by atoms with Crippen LogP contribution in [-0.4, -0.2) is 23.6 Å². The van der Waals surface area contributed by atoms with Crippen molar-refractivity contribution in [3.8, 4) is 0 Å². The fourth-order valence-electron chi connectivity index (χ4n) is 2.39. The third kappa shape index (κ3) is 12.4. The molecular weight excluding hydrogens is 318 g/mol. The molecule has 0 aliphatic heterocycles. The Labute approximate surface area is 152 Å². The zero-order valence-electron chi connectivity index (χ0n) is 16.3. The van der Waals surface area contributed by atoms with Gasteiger partial charge in [-0.15, -0.1) is 6.58 Å². The molecule has 5 heteroatoms. The molecule has 0 saturated carbocycles. The topological polar surface area (TPSA) is 64.6 Å². The van der Waals surface area contributed by atoms with Crippen LogP contribution >= 0.6 is 0 Å². The number of nitrogens with one attached hydrogen (secondary N) is 1.